The third-order valence-corrected chi connectivity index (χ3v) is 1.24. The lowest BCUT2D eigenvalue weighted by molar-refractivity contribution is 1.17. The smallest absolute Gasteiger partial charge is 0.140 e. The van der Waals surface area contributed by atoms with E-state index in [0.717, 1.165) is 0 Å². The molecule has 1 aromatic heterocycles. The van der Waals surface area contributed by atoms with Crippen molar-refractivity contribution in [2.75, 3.05) is 5.73 Å². The highest BCUT2D eigenvalue weighted by Crippen LogP contribution is 2.06. The lowest BCUT2D eigenvalue weighted by Crippen LogP contribution is -1.93. The minimum atomic E-state index is 0.409. The molecule has 1 rings (SSSR count). The van der Waals surface area contributed by atoms with Crippen molar-refractivity contribution in [1.82, 2.24) is 4.98 Å². The first-order valence-corrected chi connectivity index (χ1v) is 3.87. The van der Waals surface area contributed by atoms with Crippen molar-refractivity contribution >= 4 is 5.69 Å². The van der Waals surface area contributed by atoms with Gasteiger partial charge in [0.05, 0.1) is 11.4 Å². The third kappa shape index (κ3) is 2.59. The lowest BCUT2D eigenvalue weighted by Gasteiger charge is -1.95. The van der Waals surface area contributed by atoms with Crippen molar-refractivity contribution < 1.29 is 0 Å². The molecule has 0 saturated heterocycles. The van der Waals surface area contributed by atoms with Crippen LogP contribution in [0.4, 0.5) is 5.69 Å². The van der Waals surface area contributed by atoms with Crippen LogP contribution in [-0.4, -0.2) is 4.98 Å². The highest BCUT2D eigenvalue weighted by atomic mass is 14.7. The van der Waals surface area contributed by atoms with Crippen LogP contribution in [-0.2, 0) is 0 Å². The summed E-state index contributed by atoms with van der Waals surface area (Å²) in [5.41, 5.74) is 7.21. The average molecular weight is 163 g/mol. The fourth-order valence-electron chi connectivity index (χ4n) is 0.634. The summed E-state index contributed by atoms with van der Waals surface area (Å²) in [7, 11) is 0. The van der Waals surface area contributed by atoms with Gasteiger partial charge in [-0.3, -0.25) is 0 Å². The summed E-state index contributed by atoms with van der Waals surface area (Å²) in [6.07, 6.45) is 0. The molecule has 0 aromatic carbocycles. The zero-order valence-corrected chi connectivity index (χ0v) is 7.63. The van der Waals surface area contributed by atoms with Gasteiger partial charge in [-0.2, -0.15) is 5.26 Å². The highest BCUT2D eigenvalue weighted by molar-refractivity contribution is 5.44. The van der Waals surface area contributed by atoms with Gasteiger partial charge in [0.15, 0.2) is 0 Å². The Morgan fingerprint density at radius 1 is 1.42 bits per heavy atom. The summed E-state index contributed by atoms with van der Waals surface area (Å²) >= 11 is 0. The Labute approximate surface area is 72.8 Å². The molecule has 0 aliphatic heterocycles. The van der Waals surface area contributed by atoms with Gasteiger partial charge in [-0.1, -0.05) is 13.8 Å². The van der Waals surface area contributed by atoms with Crippen molar-refractivity contribution in [3.8, 4) is 6.07 Å². The summed E-state index contributed by atoms with van der Waals surface area (Å²) in [5, 5.41) is 8.40. The Bertz CT molecular complexity index is 286. The van der Waals surface area contributed by atoms with Crippen LogP contribution >= 0.6 is 0 Å². The van der Waals surface area contributed by atoms with Crippen molar-refractivity contribution in [1.29, 1.82) is 5.26 Å². The van der Waals surface area contributed by atoms with Gasteiger partial charge in [-0.05, 0) is 19.1 Å². The van der Waals surface area contributed by atoms with E-state index in [-0.39, 0.29) is 0 Å². The molecule has 3 heteroatoms. The van der Waals surface area contributed by atoms with Crippen LogP contribution < -0.4 is 5.73 Å². The van der Waals surface area contributed by atoms with Crippen molar-refractivity contribution in [2.24, 2.45) is 0 Å². The summed E-state index contributed by atoms with van der Waals surface area (Å²) < 4.78 is 0. The fraction of sp³-hybridized carbons (Fsp3) is 0.333. The van der Waals surface area contributed by atoms with Crippen molar-refractivity contribution in [3.63, 3.8) is 0 Å². The van der Waals surface area contributed by atoms with Crippen LogP contribution in [0.5, 0.6) is 0 Å². The number of aryl methyl sites for hydroxylation is 1. The van der Waals surface area contributed by atoms with Crippen LogP contribution in [0.1, 0.15) is 25.2 Å². The quantitative estimate of drug-likeness (QED) is 0.635. The Morgan fingerprint density at radius 3 is 2.42 bits per heavy atom. The van der Waals surface area contributed by atoms with Crippen LogP contribution in [0.15, 0.2) is 12.1 Å². The summed E-state index contributed by atoms with van der Waals surface area (Å²) in [4.78, 5) is 3.91. The Hall–Kier alpha value is -1.56. The molecular weight excluding hydrogens is 150 g/mol. The van der Waals surface area contributed by atoms with Gasteiger partial charge in [0.25, 0.3) is 0 Å². The molecule has 0 fully saturated rings. The fourth-order valence-corrected chi connectivity index (χ4v) is 0.634. The van der Waals surface area contributed by atoms with Gasteiger partial charge >= 0.3 is 0 Å². The number of nitriles is 1. The maximum atomic E-state index is 8.40. The Morgan fingerprint density at radius 2 is 2.00 bits per heavy atom. The van der Waals surface area contributed by atoms with Gasteiger partial charge in [0.1, 0.15) is 11.8 Å². The van der Waals surface area contributed by atoms with Crippen molar-refractivity contribution in [3.05, 3.63) is 23.5 Å². The summed E-state index contributed by atoms with van der Waals surface area (Å²) in [5.74, 6) is 0. The second kappa shape index (κ2) is 5.14. The van der Waals surface area contributed by atoms with E-state index < -0.39 is 0 Å². The monoisotopic (exact) mass is 163 g/mol. The predicted octanol–water partition coefficient (Wildman–Crippen LogP) is 1.87. The zero-order chi connectivity index (χ0) is 9.56. The number of nitrogen functional groups attached to an aromatic ring is 1. The second-order valence-electron chi connectivity index (χ2n) is 1.98. The minimum absolute atomic E-state index is 0.409. The Balaban J connectivity index is 0.000000561. The van der Waals surface area contributed by atoms with E-state index in [1.54, 1.807) is 19.1 Å². The number of anilines is 1. The summed E-state index contributed by atoms with van der Waals surface area (Å²) in [6, 6.07) is 5.21. The molecule has 1 aromatic rings. The van der Waals surface area contributed by atoms with E-state index in [4.69, 9.17) is 11.0 Å². The minimum Gasteiger partial charge on any atom is -0.397 e. The zero-order valence-electron chi connectivity index (χ0n) is 7.63. The predicted molar refractivity (Wildman–Crippen MR) is 49.4 cm³/mol. The number of nitrogens with two attached hydrogens (primary N) is 1. The normalized spacial score (nSPS) is 7.83. The Kier molecular flexibility index (Phi) is 4.47. The van der Waals surface area contributed by atoms with Gasteiger partial charge in [-0.25, -0.2) is 4.98 Å². The maximum absolute atomic E-state index is 8.40. The summed E-state index contributed by atoms with van der Waals surface area (Å²) in [6.45, 7) is 5.77. The molecule has 0 saturated carbocycles. The van der Waals surface area contributed by atoms with E-state index >= 15 is 0 Å². The van der Waals surface area contributed by atoms with Crippen LogP contribution in [0.2, 0.25) is 0 Å². The standard InChI is InChI=1S/C7H7N3.C2H6/c1-5-7(9)3-2-6(4-8)10-5;1-2/h2-3H,9H2,1H3;1-2H3. The molecule has 2 N–H and O–H groups in total. The van der Waals surface area contributed by atoms with Gasteiger partial charge in [0.2, 0.25) is 0 Å². The van der Waals surface area contributed by atoms with E-state index in [9.17, 15) is 0 Å². The number of hydrogen-bond donors (Lipinski definition) is 1. The van der Waals surface area contributed by atoms with E-state index in [0.29, 0.717) is 17.1 Å². The van der Waals surface area contributed by atoms with E-state index in [1.165, 1.54) is 0 Å². The maximum Gasteiger partial charge on any atom is 0.140 e. The van der Waals surface area contributed by atoms with Crippen LogP contribution in [0, 0.1) is 18.3 Å². The van der Waals surface area contributed by atoms with Crippen LogP contribution in [0.3, 0.4) is 0 Å². The molecular formula is C9H13N3. The molecule has 0 spiro atoms. The number of rotatable bonds is 0. The molecule has 0 aliphatic rings. The molecule has 0 aliphatic carbocycles. The van der Waals surface area contributed by atoms with Crippen molar-refractivity contribution in [2.45, 2.75) is 20.8 Å². The third-order valence-electron chi connectivity index (χ3n) is 1.24. The highest BCUT2D eigenvalue weighted by Gasteiger charge is 1.94. The number of hydrogen-bond acceptors (Lipinski definition) is 3. The van der Waals surface area contributed by atoms with Gasteiger partial charge in [0, 0.05) is 0 Å². The SMILES string of the molecule is CC.Cc1nc(C#N)ccc1N. The topological polar surface area (TPSA) is 62.7 Å². The van der Waals surface area contributed by atoms with Crippen LogP contribution in [0.25, 0.3) is 0 Å². The lowest BCUT2D eigenvalue weighted by atomic mass is 10.3. The molecule has 0 unspecified atom stereocenters. The first kappa shape index (κ1) is 10.4. The first-order valence-electron chi connectivity index (χ1n) is 3.87. The molecule has 64 valence electrons. The molecule has 3 nitrogen and oxygen atoms in total. The average Bonchev–Trinajstić information content (AvgIpc) is 2.13. The number of aromatic nitrogens is 1. The molecule has 12 heavy (non-hydrogen) atoms. The van der Waals surface area contributed by atoms with Gasteiger partial charge < -0.3 is 5.73 Å². The first-order chi connectivity index (χ1) is 5.74. The molecule has 0 amide bonds. The molecule has 0 atom stereocenters. The number of pyridine rings is 1. The van der Waals surface area contributed by atoms with E-state index in [2.05, 4.69) is 4.98 Å². The molecule has 0 bridgehead atoms. The number of nitrogens with zero attached hydrogens (tertiary/aromatic N) is 2. The second-order valence-corrected chi connectivity index (χ2v) is 1.98. The largest absolute Gasteiger partial charge is 0.397 e. The van der Waals surface area contributed by atoms with Gasteiger partial charge in [-0.15, -0.1) is 0 Å². The molecule has 1 heterocycles. The molecule has 0 radical (unpaired) electrons. The van der Waals surface area contributed by atoms with E-state index in [1.807, 2.05) is 19.9 Å².